The summed E-state index contributed by atoms with van der Waals surface area (Å²) in [5, 5.41) is 2.88. The van der Waals surface area contributed by atoms with Crippen LogP contribution < -0.4 is 11.1 Å². The fraction of sp³-hybridized carbons (Fsp3) is 0.462. The Morgan fingerprint density at radius 1 is 1.38 bits per heavy atom. The topological polar surface area (TPSA) is 55.1 Å². The zero-order valence-corrected chi connectivity index (χ0v) is 9.78. The summed E-state index contributed by atoms with van der Waals surface area (Å²) in [6, 6.07) is 9.51. The molecule has 0 bridgehead atoms. The van der Waals surface area contributed by atoms with Crippen LogP contribution in [0.4, 0.5) is 0 Å². The minimum absolute atomic E-state index is 0.00864. The normalized spacial score (nSPS) is 12.1. The highest BCUT2D eigenvalue weighted by atomic mass is 16.1. The van der Waals surface area contributed by atoms with Crippen molar-refractivity contribution < 1.29 is 4.79 Å². The van der Waals surface area contributed by atoms with E-state index in [2.05, 4.69) is 12.2 Å². The van der Waals surface area contributed by atoms with Crippen LogP contribution in [-0.2, 0) is 0 Å². The average Bonchev–Trinajstić information content (AvgIpc) is 2.35. The molecule has 88 valence electrons. The van der Waals surface area contributed by atoms with Gasteiger partial charge >= 0.3 is 0 Å². The molecule has 1 aromatic carbocycles. The van der Waals surface area contributed by atoms with Crippen LogP contribution in [0.1, 0.15) is 36.5 Å². The number of hydrogen-bond acceptors (Lipinski definition) is 2. The van der Waals surface area contributed by atoms with E-state index in [1.54, 1.807) is 0 Å². The van der Waals surface area contributed by atoms with Crippen LogP contribution >= 0.6 is 0 Å². The SMILES string of the molecule is CCC(N)CCCNC(=O)c1ccccc1. The number of amides is 1. The second kappa shape index (κ2) is 7.01. The fourth-order valence-electron chi connectivity index (χ4n) is 1.46. The highest BCUT2D eigenvalue weighted by Crippen LogP contribution is 1.99. The highest BCUT2D eigenvalue weighted by molar-refractivity contribution is 5.94. The van der Waals surface area contributed by atoms with E-state index >= 15 is 0 Å². The molecule has 3 N–H and O–H groups in total. The van der Waals surface area contributed by atoms with E-state index in [-0.39, 0.29) is 11.9 Å². The van der Waals surface area contributed by atoms with E-state index in [4.69, 9.17) is 5.73 Å². The van der Waals surface area contributed by atoms with Gasteiger partial charge < -0.3 is 11.1 Å². The van der Waals surface area contributed by atoms with Crippen LogP contribution in [0.2, 0.25) is 0 Å². The van der Waals surface area contributed by atoms with E-state index in [0.29, 0.717) is 12.1 Å². The van der Waals surface area contributed by atoms with E-state index in [1.165, 1.54) is 0 Å². The molecule has 0 radical (unpaired) electrons. The molecule has 3 nitrogen and oxygen atoms in total. The molecule has 1 atom stereocenters. The van der Waals surface area contributed by atoms with Crippen molar-refractivity contribution in [1.82, 2.24) is 5.32 Å². The van der Waals surface area contributed by atoms with Gasteiger partial charge in [-0.2, -0.15) is 0 Å². The second-order valence-electron chi connectivity index (χ2n) is 3.93. The van der Waals surface area contributed by atoms with Crippen molar-refractivity contribution in [3.8, 4) is 0 Å². The van der Waals surface area contributed by atoms with Crippen molar-refractivity contribution in [2.45, 2.75) is 32.2 Å². The minimum Gasteiger partial charge on any atom is -0.352 e. The summed E-state index contributed by atoms with van der Waals surface area (Å²) in [7, 11) is 0. The standard InChI is InChI=1S/C13H20N2O/c1-2-12(14)9-6-10-15-13(16)11-7-4-3-5-8-11/h3-5,7-8,12H,2,6,9-10,14H2,1H3,(H,15,16). The molecule has 0 heterocycles. The Morgan fingerprint density at radius 3 is 2.69 bits per heavy atom. The molecule has 1 rings (SSSR count). The predicted molar refractivity (Wildman–Crippen MR) is 66.3 cm³/mol. The van der Waals surface area contributed by atoms with Gasteiger partial charge in [-0.15, -0.1) is 0 Å². The smallest absolute Gasteiger partial charge is 0.251 e. The van der Waals surface area contributed by atoms with Crippen molar-refractivity contribution in [1.29, 1.82) is 0 Å². The Hall–Kier alpha value is -1.35. The van der Waals surface area contributed by atoms with Gasteiger partial charge in [0.25, 0.3) is 5.91 Å². The third-order valence-corrected chi connectivity index (χ3v) is 2.60. The lowest BCUT2D eigenvalue weighted by Gasteiger charge is -2.09. The zero-order chi connectivity index (χ0) is 11.8. The summed E-state index contributed by atoms with van der Waals surface area (Å²) in [4.78, 5) is 11.6. The molecule has 3 heteroatoms. The van der Waals surface area contributed by atoms with E-state index in [1.807, 2.05) is 30.3 Å². The monoisotopic (exact) mass is 220 g/mol. The minimum atomic E-state index is -0.00864. The Kier molecular flexibility index (Phi) is 5.57. The molecule has 0 saturated heterocycles. The molecule has 0 aliphatic carbocycles. The van der Waals surface area contributed by atoms with Crippen molar-refractivity contribution >= 4 is 5.91 Å². The summed E-state index contributed by atoms with van der Waals surface area (Å²) in [6.07, 6.45) is 2.89. The van der Waals surface area contributed by atoms with Crippen molar-refractivity contribution in [3.05, 3.63) is 35.9 Å². The maximum absolute atomic E-state index is 11.6. The van der Waals surface area contributed by atoms with Crippen molar-refractivity contribution in [2.24, 2.45) is 5.73 Å². The van der Waals surface area contributed by atoms with E-state index in [0.717, 1.165) is 19.3 Å². The maximum Gasteiger partial charge on any atom is 0.251 e. The number of rotatable bonds is 6. The van der Waals surface area contributed by atoms with Crippen molar-refractivity contribution in [3.63, 3.8) is 0 Å². The Morgan fingerprint density at radius 2 is 2.06 bits per heavy atom. The Labute approximate surface area is 97.0 Å². The number of carbonyl (C=O) groups is 1. The van der Waals surface area contributed by atoms with Gasteiger partial charge in [0, 0.05) is 18.2 Å². The lowest BCUT2D eigenvalue weighted by Crippen LogP contribution is -2.26. The van der Waals surface area contributed by atoms with E-state index < -0.39 is 0 Å². The van der Waals surface area contributed by atoms with Gasteiger partial charge in [-0.1, -0.05) is 25.1 Å². The van der Waals surface area contributed by atoms with Gasteiger partial charge in [-0.3, -0.25) is 4.79 Å². The Balaban J connectivity index is 2.21. The molecule has 0 fully saturated rings. The third kappa shape index (κ3) is 4.45. The molecule has 0 aliphatic rings. The zero-order valence-electron chi connectivity index (χ0n) is 9.78. The lowest BCUT2D eigenvalue weighted by atomic mass is 10.1. The van der Waals surface area contributed by atoms with Crippen LogP contribution in [0.3, 0.4) is 0 Å². The molecule has 0 aromatic heterocycles. The van der Waals surface area contributed by atoms with Crippen LogP contribution in [0.25, 0.3) is 0 Å². The van der Waals surface area contributed by atoms with Crippen LogP contribution in [0.15, 0.2) is 30.3 Å². The molecular weight excluding hydrogens is 200 g/mol. The van der Waals surface area contributed by atoms with Gasteiger partial charge in [0.15, 0.2) is 0 Å². The molecule has 0 aliphatic heterocycles. The first-order valence-electron chi connectivity index (χ1n) is 5.83. The first-order chi connectivity index (χ1) is 7.74. The maximum atomic E-state index is 11.6. The number of hydrogen-bond donors (Lipinski definition) is 2. The number of benzene rings is 1. The summed E-state index contributed by atoms with van der Waals surface area (Å²) < 4.78 is 0. The average molecular weight is 220 g/mol. The summed E-state index contributed by atoms with van der Waals surface area (Å²) in [5.41, 5.74) is 6.50. The fourth-order valence-corrected chi connectivity index (χ4v) is 1.46. The second-order valence-corrected chi connectivity index (χ2v) is 3.93. The largest absolute Gasteiger partial charge is 0.352 e. The molecule has 0 spiro atoms. The number of nitrogens with two attached hydrogens (primary N) is 1. The first kappa shape index (κ1) is 12.7. The van der Waals surface area contributed by atoms with Gasteiger partial charge in [0.05, 0.1) is 0 Å². The molecule has 1 unspecified atom stereocenters. The quantitative estimate of drug-likeness (QED) is 0.720. The molecule has 1 aromatic rings. The van der Waals surface area contributed by atoms with Gasteiger partial charge in [-0.05, 0) is 31.4 Å². The summed E-state index contributed by atoms with van der Waals surface area (Å²) in [6.45, 7) is 2.77. The van der Waals surface area contributed by atoms with Gasteiger partial charge in [0.2, 0.25) is 0 Å². The summed E-state index contributed by atoms with van der Waals surface area (Å²) >= 11 is 0. The number of nitrogens with one attached hydrogen (secondary N) is 1. The summed E-state index contributed by atoms with van der Waals surface area (Å²) in [5.74, 6) is -0.00864. The van der Waals surface area contributed by atoms with Gasteiger partial charge in [-0.25, -0.2) is 0 Å². The van der Waals surface area contributed by atoms with Crippen LogP contribution in [0, 0.1) is 0 Å². The van der Waals surface area contributed by atoms with Crippen LogP contribution in [0.5, 0.6) is 0 Å². The lowest BCUT2D eigenvalue weighted by molar-refractivity contribution is 0.0952. The Bertz CT molecular complexity index is 311. The molecule has 16 heavy (non-hydrogen) atoms. The predicted octanol–water partition coefficient (Wildman–Crippen LogP) is 1.93. The number of carbonyl (C=O) groups excluding carboxylic acids is 1. The van der Waals surface area contributed by atoms with Gasteiger partial charge in [0.1, 0.15) is 0 Å². The highest BCUT2D eigenvalue weighted by Gasteiger charge is 2.03. The molecule has 0 saturated carbocycles. The molecule has 1 amide bonds. The molecular formula is C13H20N2O. The first-order valence-corrected chi connectivity index (χ1v) is 5.83. The third-order valence-electron chi connectivity index (χ3n) is 2.60. The van der Waals surface area contributed by atoms with Crippen LogP contribution in [-0.4, -0.2) is 18.5 Å². The van der Waals surface area contributed by atoms with Crippen molar-refractivity contribution in [2.75, 3.05) is 6.54 Å². The van der Waals surface area contributed by atoms with E-state index in [9.17, 15) is 4.79 Å².